The Morgan fingerprint density at radius 2 is 1.82 bits per heavy atom. The lowest BCUT2D eigenvalue weighted by atomic mass is 9.95. The maximum absolute atomic E-state index is 13.7. The molecule has 5 rings (SSSR count). The Bertz CT molecular complexity index is 1680. The fourth-order valence-corrected chi connectivity index (χ4v) is 5.78. The van der Waals surface area contributed by atoms with Crippen LogP contribution in [0.5, 0.6) is 23.0 Å². The van der Waals surface area contributed by atoms with Crippen molar-refractivity contribution in [3.8, 4) is 23.0 Å². The number of fused-ring (bicyclic) bond motifs is 1. The summed E-state index contributed by atoms with van der Waals surface area (Å²) >= 11 is 0.902. The summed E-state index contributed by atoms with van der Waals surface area (Å²) in [5.41, 5.74) is 0.811. The van der Waals surface area contributed by atoms with E-state index in [-0.39, 0.29) is 34.4 Å². The van der Waals surface area contributed by atoms with Crippen LogP contribution in [0.2, 0.25) is 0 Å². The van der Waals surface area contributed by atoms with Gasteiger partial charge in [0.15, 0.2) is 28.1 Å². The number of carbonyl (C=O) groups excluding carboxylic acids is 3. The molecular formula is C32H30N2O9S. The number of hydrogen-bond donors (Lipinski definition) is 1. The minimum Gasteiger partial charge on any atom is -0.507 e. The molecule has 0 radical (unpaired) electrons. The van der Waals surface area contributed by atoms with Gasteiger partial charge in [-0.1, -0.05) is 42.7 Å². The van der Waals surface area contributed by atoms with Gasteiger partial charge in [0.05, 0.1) is 23.9 Å². The lowest BCUT2D eigenvalue weighted by Gasteiger charge is -2.24. The molecule has 2 aromatic carbocycles. The Hall–Kier alpha value is -5.10. The molecule has 1 N–H and O–H groups in total. The van der Waals surface area contributed by atoms with Crippen molar-refractivity contribution in [1.29, 1.82) is 0 Å². The summed E-state index contributed by atoms with van der Waals surface area (Å²) in [4.78, 5) is 45.9. The molecule has 3 aromatic rings. The van der Waals surface area contributed by atoms with Gasteiger partial charge in [-0.25, -0.2) is 9.78 Å². The quantitative estimate of drug-likeness (QED) is 0.101. The number of hydrogen-bond acceptors (Lipinski definition) is 11. The standard InChI is InChI=1S/C32H30N2O9S/c1-5-12-40-21-10-8-19(16-23(21)39-7-3)26-25(27(35)20-9-11-22-24(17-20)42-15-14-41-22)28(36)30(37)34(26)32-33-18(4)29(44-32)31(38)43-13-6-2/h5-6,8-11,16-17,26,35H,1-2,7,12-15H2,3-4H3/t26-/m1/s1. The number of aryl methyl sites for hydroxylation is 1. The van der Waals surface area contributed by atoms with Crippen LogP contribution in [-0.2, 0) is 14.3 Å². The second-order valence-corrected chi connectivity index (χ2v) is 10.5. The fourth-order valence-electron chi connectivity index (χ4n) is 4.80. The smallest absolute Gasteiger partial charge is 0.350 e. The first-order chi connectivity index (χ1) is 21.3. The molecule has 0 spiro atoms. The van der Waals surface area contributed by atoms with Crippen LogP contribution in [0.4, 0.5) is 5.13 Å². The molecule has 1 aromatic heterocycles. The first-order valence-corrected chi connectivity index (χ1v) is 14.6. The highest BCUT2D eigenvalue weighted by Crippen LogP contribution is 2.46. The third kappa shape index (κ3) is 5.76. The van der Waals surface area contributed by atoms with Gasteiger partial charge in [0.2, 0.25) is 0 Å². The summed E-state index contributed by atoms with van der Waals surface area (Å²) in [7, 11) is 0. The molecule has 0 saturated carbocycles. The number of aromatic nitrogens is 1. The van der Waals surface area contributed by atoms with E-state index in [0.29, 0.717) is 54.1 Å². The second-order valence-electron chi connectivity index (χ2n) is 9.56. The third-order valence-electron chi connectivity index (χ3n) is 6.71. The predicted molar refractivity (Wildman–Crippen MR) is 163 cm³/mol. The van der Waals surface area contributed by atoms with Crippen molar-refractivity contribution in [1.82, 2.24) is 4.98 Å². The zero-order valence-electron chi connectivity index (χ0n) is 24.2. The largest absolute Gasteiger partial charge is 0.507 e. The van der Waals surface area contributed by atoms with Gasteiger partial charge in [0, 0.05) is 5.56 Å². The molecule has 1 saturated heterocycles. The molecule has 1 fully saturated rings. The van der Waals surface area contributed by atoms with Crippen LogP contribution in [0.15, 0.2) is 67.3 Å². The SMILES string of the molecule is C=CCOC(=O)c1sc(N2C(=O)C(=O)C(=C(O)c3ccc4c(c3)OCCO4)[C@H]2c2ccc(OCC=C)c(OCC)c2)nc1C. The van der Waals surface area contributed by atoms with E-state index in [1.165, 1.54) is 11.0 Å². The summed E-state index contributed by atoms with van der Waals surface area (Å²) in [6, 6.07) is 8.57. The van der Waals surface area contributed by atoms with E-state index in [9.17, 15) is 19.5 Å². The topological polar surface area (TPSA) is 134 Å². The van der Waals surface area contributed by atoms with E-state index in [2.05, 4.69) is 18.1 Å². The maximum atomic E-state index is 13.7. The van der Waals surface area contributed by atoms with E-state index < -0.39 is 29.5 Å². The molecule has 2 aliphatic heterocycles. The van der Waals surface area contributed by atoms with E-state index in [4.69, 9.17) is 23.7 Å². The van der Waals surface area contributed by atoms with Crippen molar-refractivity contribution in [3.63, 3.8) is 0 Å². The monoisotopic (exact) mass is 618 g/mol. The highest BCUT2D eigenvalue weighted by atomic mass is 32.1. The summed E-state index contributed by atoms with van der Waals surface area (Å²) in [5.74, 6) is -1.25. The first kappa shape index (κ1) is 30.4. The van der Waals surface area contributed by atoms with E-state index in [0.717, 1.165) is 11.3 Å². The van der Waals surface area contributed by atoms with Gasteiger partial charge in [0.25, 0.3) is 5.78 Å². The lowest BCUT2D eigenvalue weighted by Crippen LogP contribution is -2.29. The highest BCUT2D eigenvalue weighted by Gasteiger charge is 2.49. The van der Waals surface area contributed by atoms with Crippen molar-refractivity contribution >= 4 is 39.9 Å². The van der Waals surface area contributed by atoms with E-state index in [1.807, 2.05) is 6.92 Å². The molecule has 2 aliphatic rings. The highest BCUT2D eigenvalue weighted by molar-refractivity contribution is 7.17. The average Bonchev–Trinajstić information content (AvgIpc) is 3.54. The molecular weight excluding hydrogens is 588 g/mol. The Kier molecular flexibility index (Phi) is 9.00. The number of anilines is 1. The number of amides is 1. The molecule has 0 unspecified atom stereocenters. The number of aliphatic hydroxyl groups is 1. The molecule has 0 aliphatic carbocycles. The van der Waals surface area contributed by atoms with Crippen LogP contribution < -0.4 is 23.8 Å². The number of carbonyl (C=O) groups is 3. The summed E-state index contributed by atoms with van der Waals surface area (Å²) in [5, 5.41) is 11.7. The maximum Gasteiger partial charge on any atom is 0.350 e. The first-order valence-electron chi connectivity index (χ1n) is 13.8. The van der Waals surface area contributed by atoms with Crippen molar-refractivity contribution in [3.05, 3.63) is 89.0 Å². The number of Topliss-reactive ketones (excluding diaryl/α,β-unsaturated/α-hetero) is 1. The van der Waals surface area contributed by atoms with Crippen LogP contribution in [-0.4, -0.2) is 60.8 Å². The van der Waals surface area contributed by atoms with Crippen LogP contribution >= 0.6 is 11.3 Å². The Balaban J connectivity index is 1.68. The van der Waals surface area contributed by atoms with Crippen molar-refractivity contribution in [2.75, 3.05) is 37.9 Å². The molecule has 12 heteroatoms. The number of rotatable bonds is 11. The van der Waals surface area contributed by atoms with Crippen LogP contribution in [0.1, 0.15) is 39.5 Å². The molecule has 0 bridgehead atoms. The minimum absolute atomic E-state index is 0.00790. The van der Waals surface area contributed by atoms with Crippen LogP contribution in [0.3, 0.4) is 0 Å². The number of aliphatic hydroxyl groups excluding tert-OH is 1. The number of benzene rings is 2. The minimum atomic E-state index is -1.14. The second kappa shape index (κ2) is 13.0. The molecule has 228 valence electrons. The normalized spacial score (nSPS) is 16.9. The summed E-state index contributed by atoms with van der Waals surface area (Å²) in [6.07, 6.45) is 3.03. The lowest BCUT2D eigenvalue weighted by molar-refractivity contribution is -0.132. The van der Waals surface area contributed by atoms with Gasteiger partial charge in [0.1, 0.15) is 37.1 Å². The average molecular weight is 619 g/mol. The Morgan fingerprint density at radius 3 is 2.55 bits per heavy atom. The number of esters is 1. The molecule has 3 heterocycles. The van der Waals surface area contributed by atoms with Gasteiger partial charge >= 0.3 is 11.9 Å². The van der Waals surface area contributed by atoms with Crippen molar-refractivity contribution in [2.45, 2.75) is 19.9 Å². The van der Waals surface area contributed by atoms with Gasteiger partial charge in [-0.05, 0) is 49.7 Å². The van der Waals surface area contributed by atoms with Gasteiger partial charge in [-0.15, -0.1) is 0 Å². The number of ether oxygens (including phenoxy) is 5. The van der Waals surface area contributed by atoms with Gasteiger partial charge in [-0.3, -0.25) is 14.5 Å². The molecule has 1 amide bonds. The predicted octanol–water partition coefficient (Wildman–Crippen LogP) is 5.16. The Morgan fingerprint density at radius 1 is 1.07 bits per heavy atom. The Labute approximate surface area is 257 Å². The summed E-state index contributed by atoms with van der Waals surface area (Å²) < 4.78 is 28.0. The zero-order valence-corrected chi connectivity index (χ0v) is 25.0. The molecule has 11 nitrogen and oxygen atoms in total. The van der Waals surface area contributed by atoms with Gasteiger partial charge < -0.3 is 28.8 Å². The molecule has 44 heavy (non-hydrogen) atoms. The van der Waals surface area contributed by atoms with Crippen LogP contribution in [0.25, 0.3) is 5.76 Å². The number of ketones is 1. The summed E-state index contributed by atoms with van der Waals surface area (Å²) in [6.45, 7) is 11.9. The van der Waals surface area contributed by atoms with E-state index >= 15 is 0 Å². The van der Waals surface area contributed by atoms with Gasteiger partial charge in [-0.2, -0.15) is 0 Å². The van der Waals surface area contributed by atoms with E-state index in [1.54, 1.807) is 49.4 Å². The zero-order chi connectivity index (χ0) is 31.4. The van der Waals surface area contributed by atoms with Crippen LogP contribution in [0, 0.1) is 6.92 Å². The number of thiazole rings is 1. The number of nitrogens with zero attached hydrogens (tertiary/aromatic N) is 2. The molecule has 1 atom stereocenters. The van der Waals surface area contributed by atoms with Crippen molar-refractivity contribution in [2.24, 2.45) is 0 Å². The van der Waals surface area contributed by atoms with Crippen molar-refractivity contribution < 1.29 is 43.2 Å². The fraction of sp³-hybridized carbons (Fsp3) is 0.250. The third-order valence-corrected chi connectivity index (χ3v) is 7.85.